The average Bonchev–Trinajstić information content (AvgIpc) is 3.23. The molecule has 0 atom stereocenters. The maximum atomic E-state index is 12.7. The molecule has 0 spiro atoms. The van der Waals surface area contributed by atoms with Gasteiger partial charge >= 0.3 is 0 Å². The van der Waals surface area contributed by atoms with Crippen LogP contribution in [0.4, 0.5) is 0 Å². The van der Waals surface area contributed by atoms with Crippen molar-refractivity contribution in [2.45, 2.75) is 12.3 Å². The largest absolute Gasteiger partial charge is 0.335 e. The van der Waals surface area contributed by atoms with Crippen molar-refractivity contribution in [2.24, 2.45) is 22.9 Å². The molecule has 0 saturated heterocycles. The van der Waals surface area contributed by atoms with E-state index in [-0.39, 0.29) is 36.9 Å². The van der Waals surface area contributed by atoms with E-state index in [2.05, 4.69) is 19.9 Å². The molecule has 134 valence electrons. The van der Waals surface area contributed by atoms with Crippen LogP contribution in [0.1, 0.15) is 39.9 Å². The minimum Gasteiger partial charge on any atom is -0.335 e. The van der Waals surface area contributed by atoms with Gasteiger partial charge in [0.15, 0.2) is 11.6 Å². The molecule has 2 aromatic carbocycles. The van der Waals surface area contributed by atoms with E-state index in [0.717, 1.165) is 11.1 Å². The summed E-state index contributed by atoms with van der Waals surface area (Å²) in [6, 6.07) is 10.6. The Balaban J connectivity index is 0.00000210. The monoisotopic (exact) mass is 414 g/mol. The first-order valence-electron chi connectivity index (χ1n) is 7.99. The Labute approximate surface area is 166 Å². The molecule has 27 heavy (non-hydrogen) atoms. The fraction of sp³-hybridized carbons (Fsp3) is 0.118. The summed E-state index contributed by atoms with van der Waals surface area (Å²) in [5.74, 6) is 0.00434. The number of aromatic nitrogens is 4. The smallest absolute Gasteiger partial charge is 0.263 e. The van der Waals surface area contributed by atoms with E-state index in [1.165, 1.54) is 0 Å². The van der Waals surface area contributed by atoms with Crippen molar-refractivity contribution in [2.75, 3.05) is 0 Å². The third-order valence-corrected chi connectivity index (χ3v) is 4.21. The van der Waals surface area contributed by atoms with Crippen LogP contribution < -0.4 is 22.9 Å². The van der Waals surface area contributed by atoms with Gasteiger partial charge in [0, 0.05) is 19.5 Å². The van der Waals surface area contributed by atoms with Gasteiger partial charge in [-0.3, -0.25) is 4.79 Å². The summed E-state index contributed by atoms with van der Waals surface area (Å²) in [4.78, 5) is 27.4. The molecule has 9 nitrogen and oxygen atoms in total. The Bertz CT molecular complexity index is 1040. The van der Waals surface area contributed by atoms with Gasteiger partial charge in [-0.25, -0.2) is 9.97 Å². The molecule has 0 aliphatic carbocycles. The molecule has 0 bridgehead atoms. The predicted octanol–water partition coefficient (Wildman–Crippen LogP) is 0.500. The predicted molar refractivity (Wildman–Crippen MR) is 97.9 cm³/mol. The summed E-state index contributed by atoms with van der Waals surface area (Å²) >= 11 is 0. The Morgan fingerprint density at radius 1 is 0.778 bits per heavy atom. The van der Waals surface area contributed by atoms with Crippen molar-refractivity contribution in [3.05, 3.63) is 59.2 Å². The molecule has 0 aliphatic rings. The Morgan fingerprint density at radius 3 is 1.56 bits per heavy atom. The van der Waals surface area contributed by atoms with E-state index in [4.69, 9.17) is 22.9 Å². The van der Waals surface area contributed by atoms with E-state index in [1.54, 1.807) is 36.4 Å². The Kier molecular flexibility index (Phi) is 5.18. The van der Waals surface area contributed by atoms with Crippen molar-refractivity contribution in [1.29, 1.82) is 0 Å². The molecular weight excluding hydrogens is 398 g/mol. The van der Waals surface area contributed by atoms with Gasteiger partial charge in [0.2, 0.25) is 0 Å². The summed E-state index contributed by atoms with van der Waals surface area (Å²) in [5.41, 5.74) is 26.9. The molecule has 0 saturated carbocycles. The van der Waals surface area contributed by atoms with Crippen LogP contribution in [0.2, 0.25) is 0 Å². The van der Waals surface area contributed by atoms with Crippen molar-refractivity contribution >= 4 is 27.9 Å². The Morgan fingerprint density at radius 2 is 1.19 bits per heavy atom. The number of rotatable bonds is 4. The van der Waals surface area contributed by atoms with Gasteiger partial charge in [-0.2, -0.15) is 0 Å². The SMILES string of the molecule is NC(N)c1ccc2nc(C(=O)c3nc4ccc(C(N)N)cc4[nH]3)[nH]c2c1.[Zn]. The molecule has 10 heteroatoms. The summed E-state index contributed by atoms with van der Waals surface area (Å²) in [5, 5.41) is 0. The first-order chi connectivity index (χ1) is 12.4. The molecule has 10 N–H and O–H groups in total. The molecule has 4 rings (SSSR count). The number of nitrogens with two attached hydrogens (primary N) is 4. The third-order valence-electron chi connectivity index (χ3n) is 4.21. The number of imidazole rings is 2. The van der Waals surface area contributed by atoms with Crippen LogP contribution >= 0.6 is 0 Å². The molecule has 0 aliphatic heterocycles. The molecular formula is C17H18N8OZn. The molecule has 0 amide bonds. The fourth-order valence-electron chi connectivity index (χ4n) is 2.80. The molecule has 2 aromatic heterocycles. The number of fused-ring (bicyclic) bond motifs is 2. The van der Waals surface area contributed by atoms with Gasteiger partial charge < -0.3 is 32.9 Å². The fourth-order valence-corrected chi connectivity index (χ4v) is 2.80. The van der Waals surface area contributed by atoms with E-state index in [0.29, 0.717) is 22.1 Å². The summed E-state index contributed by atoms with van der Waals surface area (Å²) < 4.78 is 0. The van der Waals surface area contributed by atoms with Crippen LogP contribution in [-0.4, -0.2) is 25.7 Å². The van der Waals surface area contributed by atoms with E-state index in [1.807, 2.05) is 0 Å². The number of carbonyl (C=O) groups excluding carboxylic acids is 1. The summed E-state index contributed by atoms with van der Waals surface area (Å²) in [7, 11) is 0. The van der Waals surface area contributed by atoms with Gasteiger partial charge in [0.25, 0.3) is 5.78 Å². The first kappa shape index (κ1) is 19.3. The van der Waals surface area contributed by atoms with Crippen molar-refractivity contribution in [3.8, 4) is 0 Å². The van der Waals surface area contributed by atoms with Crippen molar-refractivity contribution in [1.82, 2.24) is 19.9 Å². The number of H-pyrrole nitrogens is 2. The zero-order valence-corrected chi connectivity index (χ0v) is 17.4. The molecule has 4 aromatic rings. The number of benzene rings is 2. The molecule has 2 heterocycles. The van der Waals surface area contributed by atoms with Crippen LogP contribution in [0.3, 0.4) is 0 Å². The quantitative estimate of drug-likeness (QED) is 0.159. The van der Waals surface area contributed by atoms with Crippen molar-refractivity contribution < 1.29 is 24.3 Å². The Hall–Kier alpha value is -2.49. The van der Waals surface area contributed by atoms with Crippen LogP contribution in [-0.2, 0) is 19.5 Å². The minimum atomic E-state index is -0.597. The van der Waals surface area contributed by atoms with Gasteiger partial charge in [0.1, 0.15) is 0 Å². The molecule has 0 unspecified atom stereocenters. The maximum Gasteiger partial charge on any atom is 0.263 e. The summed E-state index contributed by atoms with van der Waals surface area (Å²) in [6.07, 6.45) is -1.19. The maximum absolute atomic E-state index is 12.7. The number of nitrogens with zero attached hydrogens (tertiary/aromatic N) is 2. The zero-order valence-electron chi connectivity index (χ0n) is 14.4. The van der Waals surface area contributed by atoms with Gasteiger partial charge in [-0.15, -0.1) is 0 Å². The standard InChI is InChI=1S/C17H18N8O.Zn/c18-14(19)7-1-3-9-11(5-7)24-16(22-9)13(26)17-23-10-4-2-8(15(20)21)6-12(10)25-17;/h1-6,14-15H,18-21H2,(H,22,24)(H,23,25);. The van der Waals surface area contributed by atoms with Gasteiger partial charge in [0.05, 0.1) is 34.4 Å². The second-order valence-electron chi connectivity index (χ2n) is 6.10. The van der Waals surface area contributed by atoms with Crippen LogP contribution in [0.15, 0.2) is 36.4 Å². The average molecular weight is 416 g/mol. The number of hydrogen-bond acceptors (Lipinski definition) is 7. The van der Waals surface area contributed by atoms with Gasteiger partial charge in [-0.05, 0) is 35.4 Å². The van der Waals surface area contributed by atoms with Gasteiger partial charge in [-0.1, -0.05) is 12.1 Å². The number of carbonyl (C=O) groups is 1. The minimum absolute atomic E-state index is 0. The van der Waals surface area contributed by atoms with E-state index < -0.39 is 12.3 Å². The van der Waals surface area contributed by atoms with E-state index >= 15 is 0 Å². The normalized spacial score (nSPS) is 11.5. The molecule has 0 radical (unpaired) electrons. The summed E-state index contributed by atoms with van der Waals surface area (Å²) in [6.45, 7) is 0. The van der Waals surface area contributed by atoms with Crippen LogP contribution in [0.5, 0.6) is 0 Å². The number of nitrogens with one attached hydrogen (secondary N) is 2. The number of ketones is 1. The van der Waals surface area contributed by atoms with Crippen molar-refractivity contribution in [3.63, 3.8) is 0 Å². The van der Waals surface area contributed by atoms with E-state index in [9.17, 15) is 4.79 Å². The number of hydrogen-bond donors (Lipinski definition) is 6. The topological polar surface area (TPSA) is 179 Å². The first-order valence-corrected chi connectivity index (χ1v) is 7.99. The zero-order chi connectivity index (χ0) is 18.4. The van der Waals surface area contributed by atoms with Crippen LogP contribution in [0, 0.1) is 0 Å². The van der Waals surface area contributed by atoms with Crippen LogP contribution in [0.25, 0.3) is 22.1 Å². The third kappa shape index (κ3) is 3.53. The molecule has 0 fully saturated rings. The second kappa shape index (κ2) is 7.26. The number of aromatic amines is 2. The second-order valence-corrected chi connectivity index (χ2v) is 6.10.